The average Bonchev–Trinajstić information content (AvgIpc) is 3.09. The number of anilines is 1. The molecule has 0 aliphatic carbocycles. The third-order valence-electron chi connectivity index (χ3n) is 4.38. The van der Waals surface area contributed by atoms with Gasteiger partial charge in [0.2, 0.25) is 0 Å². The monoisotopic (exact) mass is 376 g/mol. The second kappa shape index (κ2) is 7.76. The molecule has 27 heavy (non-hydrogen) atoms. The van der Waals surface area contributed by atoms with Crippen LogP contribution < -0.4 is 10.1 Å². The third-order valence-corrected chi connectivity index (χ3v) is 5.31. The largest absolute Gasteiger partial charge is 0.494 e. The molecular formula is C22H20N2O2S. The zero-order valence-corrected chi connectivity index (χ0v) is 15.9. The van der Waals surface area contributed by atoms with E-state index in [0.29, 0.717) is 17.3 Å². The molecule has 3 aromatic carbocycles. The number of carbonyl (C=O) groups excluding carboxylic acids is 1. The van der Waals surface area contributed by atoms with Gasteiger partial charge >= 0.3 is 0 Å². The van der Waals surface area contributed by atoms with E-state index in [1.807, 2.05) is 60.7 Å². The summed E-state index contributed by atoms with van der Waals surface area (Å²) in [6.45, 7) is 2.85. The Kier molecular flexibility index (Phi) is 5.03. The molecule has 0 unspecified atom stereocenters. The van der Waals surface area contributed by atoms with Crippen LogP contribution in [0.4, 0.5) is 5.13 Å². The summed E-state index contributed by atoms with van der Waals surface area (Å²) in [5.74, 6) is 0.691. The fourth-order valence-corrected chi connectivity index (χ4v) is 3.86. The number of ether oxygens (including phenoxy) is 1. The molecule has 0 aliphatic heterocycles. The summed E-state index contributed by atoms with van der Waals surface area (Å²) in [7, 11) is 0. The summed E-state index contributed by atoms with van der Waals surface area (Å²) < 4.78 is 6.75. The van der Waals surface area contributed by atoms with Gasteiger partial charge in [0, 0.05) is 5.56 Å². The lowest BCUT2D eigenvalue weighted by atomic mass is 10.0. The Morgan fingerprint density at radius 1 is 1.11 bits per heavy atom. The van der Waals surface area contributed by atoms with E-state index in [9.17, 15) is 4.79 Å². The second-order valence-corrected chi connectivity index (χ2v) is 7.36. The zero-order chi connectivity index (χ0) is 18.6. The van der Waals surface area contributed by atoms with Crippen molar-refractivity contribution in [3.63, 3.8) is 0 Å². The molecule has 0 radical (unpaired) electrons. The topological polar surface area (TPSA) is 51.2 Å². The molecule has 4 rings (SSSR count). The third kappa shape index (κ3) is 3.78. The number of amides is 1. The van der Waals surface area contributed by atoms with Gasteiger partial charge < -0.3 is 4.74 Å². The molecule has 1 N–H and O–H groups in total. The van der Waals surface area contributed by atoms with E-state index in [1.54, 1.807) is 0 Å². The lowest BCUT2D eigenvalue weighted by Crippen LogP contribution is -2.12. The van der Waals surface area contributed by atoms with Crippen LogP contribution in [-0.4, -0.2) is 17.5 Å². The standard InChI is InChI=1S/C22H20N2O2S/c1-2-3-13-26-16-11-12-19-20(14-16)27-22(23-19)24-21(25)18-10-6-8-15-7-4-5-9-17(15)18/h4-12,14H,2-3,13H2,1H3,(H,23,24,25). The van der Waals surface area contributed by atoms with Crippen LogP contribution in [0.2, 0.25) is 0 Å². The van der Waals surface area contributed by atoms with E-state index in [4.69, 9.17) is 4.74 Å². The molecule has 4 nitrogen and oxygen atoms in total. The molecule has 0 saturated heterocycles. The predicted octanol–water partition coefficient (Wildman–Crippen LogP) is 5.88. The number of thiazole rings is 1. The summed E-state index contributed by atoms with van der Waals surface area (Å²) in [5.41, 5.74) is 1.51. The Morgan fingerprint density at radius 3 is 2.85 bits per heavy atom. The van der Waals surface area contributed by atoms with Crippen LogP contribution >= 0.6 is 11.3 Å². The van der Waals surface area contributed by atoms with Crippen molar-refractivity contribution in [2.45, 2.75) is 19.8 Å². The van der Waals surface area contributed by atoms with Gasteiger partial charge in [-0.15, -0.1) is 0 Å². The number of hydrogen-bond donors (Lipinski definition) is 1. The molecule has 0 aliphatic rings. The summed E-state index contributed by atoms with van der Waals surface area (Å²) in [6, 6.07) is 19.5. The summed E-state index contributed by atoms with van der Waals surface area (Å²) in [5, 5.41) is 5.51. The fraction of sp³-hybridized carbons (Fsp3) is 0.182. The Hall–Kier alpha value is -2.92. The maximum atomic E-state index is 12.8. The van der Waals surface area contributed by atoms with Crippen molar-refractivity contribution in [2.75, 3.05) is 11.9 Å². The molecule has 0 spiro atoms. The van der Waals surface area contributed by atoms with Gasteiger partial charge in [-0.25, -0.2) is 4.98 Å². The van der Waals surface area contributed by atoms with Crippen LogP contribution in [0.1, 0.15) is 30.1 Å². The zero-order valence-electron chi connectivity index (χ0n) is 15.1. The first-order valence-electron chi connectivity index (χ1n) is 9.07. The van der Waals surface area contributed by atoms with Crippen LogP contribution in [0, 0.1) is 0 Å². The van der Waals surface area contributed by atoms with Crippen LogP contribution in [0.25, 0.3) is 21.0 Å². The lowest BCUT2D eigenvalue weighted by Gasteiger charge is -2.05. The van der Waals surface area contributed by atoms with Gasteiger partial charge in [-0.2, -0.15) is 0 Å². The van der Waals surface area contributed by atoms with Crippen molar-refractivity contribution < 1.29 is 9.53 Å². The van der Waals surface area contributed by atoms with Crippen molar-refractivity contribution in [3.8, 4) is 5.75 Å². The average molecular weight is 376 g/mol. The fourth-order valence-electron chi connectivity index (χ4n) is 2.97. The van der Waals surface area contributed by atoms with Gasteiger partial charge in [-0.05, 0) is 41.5 Å². The highest BCUT2D eigenvalue weighted by molar-refractivity contribution is 7.22. The van der Waals surface area contributed by atoms with Crippen molar-refractivity contribution in [3.05, 3.63) is 66.2 Å². The van der Waals surface area contributed by atoms with Crippen molar-refractivity contribution >= 4 is 43.4 Å². The Balaban J connectivity index is 1.56. The molecule has 1 aromatic heterocycles. The first-order valence-corrected chi connectivity index (χ1v) is 9.89. The van der Waals surface area contributed by atoms with E-state index in [0.717, 1.165) is 39.6 Å². The normalized spacial score (nSPS) is 11.0. The number of nitrogens with zero attached hydrogens (tertiary/aromatic N) is 1. The van der Waals surface area contributed by atoms with E-state index in [1.165, 1.54) is 11.3 Å². The number of aromatic nitrogens is 1. The molecule has 0 saturated carbocycles. The molecule has 0 atom stereocenters. The number of hydrogen-bond acceptors (Lipinski definition) is 4. The smallest absolute Gasteiger partial charge is 0.258 e. The van der Waals surface area contributed by atoms with Gasteiger partial charge in [0.1, 0.15) is 5.75 Å². The van der Waals surface area contributed by atoms with Gasteiger partial charge in [-0.3, -0.25) is 10.1 Å². The molecule has 136 valence electrons. The Bertz CT molecular complexity index is 1100. The Labute approximate surface area is 161 Å². The Morgan fingerprint density at radius 2 is 1.96 bits per heavy atom. The molecule has 4 aromatic rings. The van der Waals surface area contributed by atoms with E-state index in [-0.39, 0.29) is 5.91 Å². The molecule has 1 amide bonds. The maximum Gasteiger partial charge on any atom is 0.258 e. The summed E-state index contributed by atoms with van der Waals surface area (Å²) in [6.07, 6.45) is 2.14. The van der Waals surface area contributed by atoms with Crippen LogP contribution in [0.15, 0.2) is 60.7 Å². The number of benzene rings is 3. The SMILES string of the molecule is CCCCOc1ccc2nc(NC(=O)c3cccc4ccccc34)sc2c1. The molecule has 0 bridgehead atoms. The number of fused-ring (bicyclic) bond motifs is 2. The number of unbranched alkanes of at least 4 members (excludes halogenated alkanes) is 1. The highest BCUT2D eigenvalue weighted by Crippen LogP contribution is 2.30. The molecular weight excluding hydrogens is 356 g/mol. The first-order chi connectivity index (χ1) is 13.2. The van der Waals surface area contributed by atoms with Crippen molar-refractivity contribution in [1.29, 1.82) is 0 Å². The highest BCUT2D eigenvalue weighted by Gasteiger charge is 2.13. The highest BCUT2D eigenvalue weighted by atomic mass is 32.1. The van der Waals surface area contributed by atoms with Gasteiger partial charge in [0.25, 0.3) is 5.91 Å². The minimum atomic E-state index is -0.148. The van der Waals surface area contributed by atoms with Gasteiger partial charge in [0.15, 0.2) is 5.13 Å². The summed E-state index contributed by atoms with van der Waals surface area (Å²) in [4.78, 5) is 17.3. The molecule has 5 heteroatoms. The van der Waals surface area contributed by atoms with Crippen LogP contribution in [0.3, 0.4) is 0 Å². The minimum Gasteiger partial charge on any atom is -0.494 e. The lowest BCUT2D eigenvalue weighted by molar-refractivity contribution is 0.102. The van der Waals surface area contributed by atoms with Crippen molar-refractivity contribution in [1.82, 2.24) is 4.98 Å². The van der Waals surface area contributed by atoms with E-state index < -0.39 is 0 Å². The first kappa shape index (κ1) is 17.5. The maximum absolute atomic E-state index is 12.8. The number of nitrogens with one attached hydrogen (secondary N) is 1. The van der Waals surface area contributed by atoms with Gasteiger partial charge in [-0.1, -0.05) is 61.1 Å². The van der Waals surface area contributed by atoms with Crippen molar-refractivity contribution in [2.24, 2.45) is 0 Å². The van der Waals surface area contributed by atoms with Gasteiger partial charge in [0.05, 0.1) is 16.8 Å². The quantitative estimate of drug-likeness (QED) is 0.428. The molecule has 1 heterocycles. The van der Waals surface area contributed by atoms with E-state index in [2.05, 4.69) is 17.2 Å². The second-order valence-electron chi connectivity index (χ2n) is 6.33. The number of carbonyl (C=O) groups is 1. The predicted molar refractivity (Wildman–Crippen MR) is 112 cm³/mol. The van der Waals surface area contributed by atoms with Crippen LogP contribution in [-0.2, 0) is 0 Å². The van der Waals surface area contributed by atoms with E-state index >= 15 is 0 Å². The number of rotatable bonds is 6. The minimum absolute atomic E-state index is 0.148. The van der Waals surface area contributed by atoms with Crippen LogP contribution in [0.5, 0.6) is 5.75 Å². The summed E-state index contributed by atoms with van der Waals surface area (Å²) >= 11 is 1.46. The molecule has 0 fully saturated rings.